The van der Waals surface area contributed by atoms with E-state index >= 15 is 0 Å². The summed E-state index contributed by atoms with van der Waals surface area (Å²) in [7, 11) is 0. The average Bonchev–Trinajstić information content (AvgIpc) is 1.00. The summed E-state index contributed by atoms with van der Waals surface area (Å²) < 4.78 is 0. The van der Waals surface area contributed by atoms with Crippen LogP contribution in [0.2, 0.25) is 0 Å². The molecule has 0 aromatic heterocycles. The van der Waals surface area contributed by atoms with E-state index in [9.17, 15) is 0 Å². The average molecular weight is 199 g/mol. The van der Waals surface area contributed by atoms with Crippen molar-refractivity contribution in [1.82, 2.24) is 0 Å². The van der Waals surface area contributed by atoms with E-state index in [1.807, 2.05) is 0 Å². The van der Waals surface area contributed by atoms with Gasteiger partial charge >= 0.3 is 0 Å². The third-order valence-electron chi connectivity index (χ3n) is 0. The van der Waals surface area contributed by atoms with Crippen molar-refractivity contribution in [3.63, 3.8) is 0 Å². The molecule has 0 aliphatic rings. The van der Waals surface area contributed by atoms with Gasteiger partial charge in [0.1, 0.15) is 0 Å². The van der Waals surface area contributed by atoms with Crippen molar-refractivity contribution in [2.75, 3.05) is 0 Å². The molecule has 0 fully saturated rings. The molecular weight excluding hydrogens is 197 g/mol. The normalized spacial score (nSPS) is 1.50. The third-order valence-corrected chi connectivity index (χ3v) is 0. The summed E-state index contributed by atoms with van der Waals surface area (Å²) in [5.74, 6) is 0. The maximum absolute atomic E-state index is 6.00. The third kappa shape index (κ3) is 11.4. The van der Waals surface area contributed by atoms with Gasteiger partial charge in [-0.1, -0.05) is 0 Å². The van der Waals surface area contributed by atoms with Crippen LogP contribution < -0.4 is 0 Å². The molecule has 0 saturated carbocycles. The minimum atomic E-state index is 0. The molecule has 0 atom stereocenters. The summed E-state index contributed by atoms with van der Waals surface area (Å²) in [5.41, 5.74) is 0. The summed E-state index contributed by atoms with van der Waals surface area (Å²) in [6, 6.07) is 0. The minimum absolute atomic E-state index is 0. The van der Waals surface area contributed by atoms with Gasteiger partial charge in [0, 0.05) is 37.2 Å². The second-order valence-electron chi connectivity index (χ2n) is 0. The Labute approximate surface area is 48.0 Å². The molecule has 0 heterocycles. The molecule has 0 saturated heterocycles. The molecule has 0 aromatic rings. The van der Waals surface area contributed by atoms with Crippen LogP contribution in [0.25, 0.3) is 0 Å². The molecule has 0 spiro atoms. The van der Waals surface area contributed by atoms with E-state index in [1.54, 1.807) is 0 Å². The Bertz CT molecular complexity index is 6.00. The van der Waals surface area contributed by atoms with Gasteiger partial charge in [0.25, 0.3) is 0 Å². The second-order valence-corrected chi connectivity index (χ2v) is 0. The van der Waals surface area contributed by atoms with Gasteiger partial charge in [-0.25, -0.2) is 0 Å². The summed E-state index contributed by atoms with van der Waals surface area (Å²) in [6.07, 6.45) is 0. The van der Waals surface area contributed by atoms with E-state index in [-0.39, 0.29) is 37.2 Å². The summed E-state index contributed by atoms with van der Waals surface area (Å²) >= 11 is 0. The van der Waals surface area contributed by atoms with Crippen LogP contribution in [0.15, 0.2) is 0 Å². The molecule has 4 heteroatoms. The maximum atomic E-state index is 6.00. The number of rotatable bonds is 0. The SMILES string of the molecule is OO.[Co].[Pd]. The Morgan fingerprint density at radius 2 is 1.00 bits per heavy atom. The summed E-state index contributed by atoms with van der Waals surface area (Å²) in [5, 5.41) is 12.0. The van der Waals surface area contributed by atoms with Crippen LogP contribution in [0.1, 0.15) is 0 Å². The van der Waals surface area contributed by atoms with E-state index < -0.39 is 0 Å². The van der Waals surface area contributed by atoms with E-state index in [1.165, 1.54) is 0 Å². The first-order chi connectivity index (χ1) is 1.00. The van der Waals surface area contributed by atoms with Crippen molar-refractivity contribution in [3.05, 3.63) is 0 Å². The second kappa shape index (κ2) is 32.9. The fourth-order valence-electron chi connectivity index (χ4n) is 0. The summed E-state index contributed by atoms with van der Waals surface area (Å²) in [4.78, 5) is 0. The molecule has 0 amide bonds. The van der Waals surface area contributed by atoms with Crippen LogP contribution >= 0.6 is 0 Å². The molecule has 2 nitrogen and oxygen atoms in total. The zero-order valence-electron chi connectivity index (χ0n) is 1.54. The number of hydrogen-bond acceptors (Lipinski definition) is 2. The van der Waals surface area contributed by atoms with Gasteiger partial charge in [-0.2, -0.15) is 0 Å². The molecule has 0 aliphatic carbocycles. The molecule has 0 aliphatic heterocycles. The predicted molar refractivity (Wildman–Crippen MR) is 5.26 cm³/mol. The van der Waals surface area contributed by atoms with Crippen LogP contribution in [0.3, 0.4) is 0 Å². The van der Waals surface area contributed by atoms with E-state index in [4.69, 9.17) is 10.5 Å². The van der Waals surface area contributed by atoms with Gasteiger partial charge in [0.05, 0.1) is 0 Å². The van der Waals surface area contributed by atoms with E-state index in [0.717, 1.165) is 0 Å². The van der Waals surface area contributed by atoms with Crippen molar-refractivity contribution >= 4 is 0 Å². The molecule has 0 rings (SSSR count). The molecular formula is H2CoO2Pd. The maximum Gasteiger partial charge on any atom is 0 e. The van der Waals surface area contributed by atoms with Gasteiger partial charge in [0.15, 0.2) is 0 Å². The van der Waals surface area contributed by atoms with Gasteiger partial charge in [0.2, 0.25) is 0 Å². The van der Waals surface area contributed by atoms with Crippen molar-refractivity contribution in [2.24, 2.45) is 0 Å². The minimum Gasteiger partial charge on any atom is -0.255 e. The summed E-state index contributed by atoms with van der Waals surface area (Å²) in [6.45, 7) is 0. The smallest absolute Gasteiger partial charge is 0 e. The van der Waals surface area contributed by atoms with Crippen LogP contribution in [0.5, 0.6) is 0 Å². The molecule has 0 bridgehead atoms. The van der Waals surface area contributed by atoms with Gasteiger partial charge < -0.3 is 0 Å². The van der Waals surface area contributed by atoms with Gasteiger partial charge in [-0.3, -0.25) is 10.5 Å². The largest absolute Gasteiger partial charge is 0.255 e. The van der Waals surface area contributed by atoms with Crippen LogP contribution in [-0.2, 0) is 37.2 Å². The topological polar surface area (TPSA) is 40.5 Å². The zero-order chi connectivity index (χ0) is 2.00. The monoisotopic (exact) mass is 199 g/mol. The quantitative estimate of drug-likeness (QED) is 0.328. The first-order valence-corrected chi connectivity index (χ1v) is 0.200. The van der Waals surface area contributed by atoms with Crippen molar-refractivity contribution in [1.29, 1.82) is 0 Å². The Hall–Kier alpha value is 1.09. The van der Waals surface area contributed by atoms with Crippen LogP contribution in [-0.4, -0.2) is 10.5 Å². The van der Waals surface area contributed by atoms with E-state index in [0.29, 0.717) is 0 Å². The van der Waals surface area contributed by atoms with Crippen molar-refractivity contribution in [3.8, 4) is 0 Å². The Balaban J connectivity index is -0.00000000500. The Morgan fingerprint density at radius 3 is 1.00 bits per heavy atom. The molecule has 1 radical (unpaired) electrons. The molecule has 0 unspecified atom stereocenters. The van der Waals surface area contributed by atoms with Gasteiger partial charge in [-0.15, -0.1) is 0 Å². The molecule has 4 heavy (non-hydrogen) atoms. The first-order valence-electron chi connectivity index (χ1n) is 0.200. The fraction of sp³-hybridized carbons (Fsp3) is 0. The zero-order valence-corrected chi connectivity index (χ0v) is 4.14. The van der Waals surface area contributed by atoms with Crippen molar-refractivity contribution < 1.29 is 47.7 Å². The van der Waals surface area contributed by atoms with Crippen molar-refractivity contribution in [2.45, 2.75) is 0 Å². The predicted octanol–water partition coefficient (Wildman–Crippen LogP) is 0.0124. The van der Waals surface area contributed by atoms with Gasteiger partial charge in [-0.05, 0) is 0 Å². The number of hydrogen-bond donors (Lipinski definition) is 2. The molecule has 0 aromatic carbocycles. The van der Waals surface area contributed by atoms with E-state index in [2.05, 4.69) is 0 Å². The molecule has 2 N–H and O–H groups in total. The Morgan fingerprint density at radius 1 is 1.00 bits per heavy atom. The molecule has 33 valence electrons. The van der Waals surface area contributed by atoms with Crippen LogP contribution in [0.4, 0.5) is 0 Å². The van der Waals surface area contributed by atoms with Crippen LogP contribution in [0, 0.1) is 0 Å². The fourth-order valence-corrected chi connectivity index (χ4v) is 0. The Kier molecular flexibility index (Phi) is 160. The standard InChI is InChI=1S/Co.H2O2.Pd/c;1-2;/h;1-2H;. The first kappa shape index (κ1) is 19.5.